The van der Waals surface area contributed by atoms with E-state index in [1.807, 2.05) is 11.3 Å². The van der Waals surface area contributed by atoms with Gasteiger partial charge in [0.05, 0.1) is 0 Å². The van der Waals surface area contributed by atoms with Crippen molar-refractivity contribution in [2.75, 3.05) is 6.54 Å². The molecule has 0 aliphatic carbocycles. The third kappa shape index (κ3) is 5.54. The van der Waals surface area contributed by atoms with Crippen LogP contribution < -0.4 is 5.32 Å². The minimum absolute atomic E-state index is 0.363. The van der Waals surface area contributed by atoms with Gasteiger partial charge in [0.2, 0.25) is 0 Å². The van der Waals surface area contributed by atoms with E-state index in [1.165, 1.54) is 27.1 Å². The van der Waals surface area contributed by atoms with Crippen LogP contribution in [-0.2, 0) is 6.42 Å². The molecule has 1 nitrogen and oxygen atoms in total. The molecule has 0 saturated carbocycles. The molecule has 0 aromatic carbocycles. The Balaban J connectivity index is 2.46. The second kappa shape index (κ2) is 6.35. The van der Waals surface area contributed by atoms with E-state index in [4.69, 9.17) is 0 Å². The Morgan fingerprint density at radius 1 is 1.41 bits per heavy atom. The predicted molar refractivity (Wildman–Crippen MR) is 82.0 cm³/mol. The molecule has 0 radical (unpaired) electrons. The SMILES string of the molecule is Cc1cc(Br)c(CCC(C)(C)CNC(C)C)s1. The number of rotatable bonds is 6. The highest BCUT2D eigenvalue weighted by Crippen LogP contribution is 2.31. The van der Waals surface area contributed by atoms with Crippen molar-refractivity contribution < 1.29 is 0 Å². The second-order valence-electron chi connectivity index (χ2n) is 5.83. The molecule has 0 aliphatic heterocycles. The minimum atomic E-state index is 0.363. The smallest absolute Gasteiger partial charge is 0.0317 e. The van der Waals surface area contributed by atoms with Crippen molar-refractivity contribution in [2.45, 2.75) is 53.5 Å². The fraction of sp³-hybridized carbons (Fsp3) is 0.714. The first kappa shape index (κ1) is 15.2. The van der Waals surface area contributed by atoms with E-state index in [2.05, 4.69) is 61.9 Å². The van der Waals surface area contributed by atoms with Crippen LogP contribution in [0, 0.1) is 12.3 Å². The number of halogens is 1. The van der Waals surface area contributed by atoms with E-state index in [-0.39, 0.29) is 0 Å². The number of hydrogen-bond acceptors (Lipinski definition) is 2. The van der Waals surface area contributed by atoms with Crippen molar-refractivity contribution in [2.24, 2.45) is 5.41 Å². The van der Waals surface area contributed by atoms with Crippen LogP contribution >= 0.6 is 27.3 Å². The summed E-state index contributed by atoms with van der Waals surface area (Å²) >= 11 is 5.55. The lowest BCUT2D eigenvalue weighted by Gasteiger charge is -2.26. The van der Waals surface area contributed by atoms with Gasteiger partial charge >= 0.3 is 0 Å². The third-order valence-electron chi connectivity index (χ3n) is 2.90. The Kier molecular flexibility index (Phi) is 5.68. The van der Waals surface area contributed by atoms with Crippen molar-refractivity contribution >= 4 is 27.3 Å². The Morgan fingerprint density at radius 3 is 2.53 bits per heavy atom. The third-order valence-corrected chi connectivity index (χ3v) is 4.98. The zero-order valence-electron chi connectivity index (χ0n) is 11.6. The van der Waals surface area contributed by atoms with Crippen molar-refractivity contribution in [3.63, 3.8) is 0 Å². The monoisotopic (exact) mass is 317 g/mol. The molecule has 0 aliphatic rings. The summed E-state index contributed by atoms with van der Waals surface area (Å²) < 4.78 is 1.28. The molecule has 0 atom stereocenters. The first-order valence-corrected chi connectivity index (χ1v) is 7.89. The number of nitrogens with one attached hydrogen (secondary N) is 1. The quantitative estimate of drug-likeness (QED) is 0.796. The molecular weight excluding hydrogens is 294 g/mol. The highest BCUT2D eigenvalue weighted by molar-refractivity contribution is 9.10. The average molecular weight is 318 g/mol. The molecule has 17 heavy (non-hydrogen) atoms. The van der Waals surface area contributed by atoms with Crippen molar-refractivity contribution in [3.05, 3.63) is 20.3 Å². The summed E-state index contributed by atoms with van der Waals surface area (Å²) in [5.74, 6) is 0. The van der Waals surface area contributed by atoms with Gasteiger partial charge in [-0.1, -0.05) is 27.7 Å². The van der Waals surface area contributed by atoms with Gasteiger partial charge in [-0.2, -0.15) is 0 Å². The molecule has 1 aromatic rings. The molecule has 1 N–H and O–H groups in total. The highest BCUT2D eigenvalue weighted by Gasteiger charge is 2.19. The van der Waals surface area contributed by atoms with Gasteiger partial charge < -0.3 is 5.32 Å². The first-order valence-electron chi connectivity index (χ1n) is 6.28. The summed E-state index contributed by atoms with van der Waals surface area (Å²) in [5.41, 5.74) is 0.363. The molecule has 1 aromatic heterocycles. The van der Waals surface area contributed by atoms with E-state index in [1.54, 1.807) is 0 Å². The summed E-state index contributed by atoms with van der Waals surface area (Å²) in [7, 11) is 0. The lowest BCUT2D eigenvalue weighted by molar-refractivity contribution is 0.305. The van der Waals surface area contributed by atoms with E-state index in [0.717, 1.165) is 6.54 Å². The Hall–Kier alpha value is 0.140. The van der Waals surface area contributed by atoms with Crippen molar-refractivity contribution in [3.8, 4) is 0 Å². The zero-order chi connectivity index (χ0) is 13.1. The minimum Gasteiger partial charge on any atom is -0.314 e. The summed E-state index contributed by atoms with van der Waals surface area (Å²) in [5, 5.41) is 3.53. The number of aryl methyl sites for hydroxylation is 2. The summed E-state index contributed by atoms with van der Waals surface area (Å²) in [6.07, 6.45) is 2.40. The largest absolute Gasteiger partial charge is 0.314 e. The number of thiophene rings is 1. The van der Waals surface area contributed by atoms with Crippen molar-refractivity contribution in [1.82, 2.24) is 5.32 Å². The predicted octanol–water partition coefficient (Wildman–Crippen LogP) is 4.78. The van der Waals surface area contributed by atoms with Gasteiger partial charge in [-0.05, 0) is 47.2 Å². The Bertz CT molecular complexity index is 355. The van der Waals surface area contributed by atoms with Crippen LogP contribution in [0.3, 0.4) is 0 Å². The van der Waals surface area contributed by atoms with Crippen LogP contribution in [0.25, 0.3) is 0 Å². The molecule has 1 heterocycles. The molecule has 0 amide bonds. The molecule has 98 valence electrons. The lowest BCUT2D eigenvalue weighted by Crippen LogP contribution is -2.34. The van der Waals surface area contributed by atoms with Gasteiger partial charge in [0.15, 0.2) is 0 Å². The van der Waals surface area contributed by atoms with E-state index in [9.17, 15) is 0 Å². The maximum absolute atomic E-state index is 3.64. The van der Waals surface area contributed by atoms with Crippen molar-refractivity contribution in [1.29, 1.82) is 0 Å². The zero-order valence-corrected chi connectivity index (χ0v) is 14.0. The van der Waals surface area contributed by atoms with Crippen LogP contribution in [0.5, 0.6) is 0 Å². The molecule has 1 rings (SSSR count). The first-order chi connectivity index (χ1) is 7.80. The standard InChI is InChI=1S/C14H24BrNS/c1-10(2)16-9-14(4,5)7-6-13-12(15)8-11(3)17-13/h8,10,16H,6-7,9H2,1-5H3. The summed E-state index contributed by atoms with van der Waals surface area (Å²) in [6, 6.07) is 2.80. The maximum atomic E-state index is 3.64. The van der Waals surface area contributed by atoms with Crippen LogP contribution in [-0.4, -0.2) is 12.6 Å². The molecule has 0 fully saturated rings. The van der Waals surface area contributed by atoms with Gasteiger partial charge in [-0.15, -0.1) is 11.3 Å². The highest BCUT2D eigenvalue weighted by atomic mass is 79.9. The van der Waals surface area contributed by atoms with Crippen LogP contribution in [0.4, 0.5) is 0 Å². The fourth-order valence-electron chi connectivity index (χ4n) is 1.72. The summed E-state index contributed by atoms with van der Waals surface area (Å²) in [6.45, 7) is 12.4. The molecular formula is C14H24BrNS. The molecule has 3 heteroatoms. The molecule has 0 unspecified atom stereocenters. The van der Waals surface area contributed by atoms with Gasteiger partial charge in [0.25, 0.3) is 0 Å². The fourth-order valence-corrected chi connectivity index (χ4v) is 3.58. The number of hydrogen-bond donors (Lipinski definition) is 1. The van der Waals surface area contributed by atoms with Crippen LogP contribution in [0.2, 0.25) is 0 Å². The molecule has 0 bridgehead atoms. The van der Waals surface area contributed by atoms with Crippen LogP contribution in [0.15, 0.2) is 10.5 Å². The van der Waals surface area contributed by atoms with Gasteiger partial charge in [-0.25, -0.2) is 0 Å². The van der Waals surface area contributed by atoms with E-state index in [0.29, 0.717) is 11.5 Å². The normalized spacial score (nSPS) is 12.4. The Morgan fingerprint density at radius 2 is 2.06 bits per heavy atom. The lowest BCUT2D eigenvalue weighted by atomic mass is 9.87. The maximum Gasteiger partial charge on any atom is 0.0317 e. The Labute approximate surface area is 118 Å². The molecule has 0 spiro atoms. The van der Waals surface area contributed by atoms with E-state index >= 15 is 0 Å². The average Bonchev–Trinajstić information content (AvgIpc) is 2.52. The topological polar surface area (TPSA) is 12.0 Å². The molecule has 0 saturated heterocycles. The van der Waals surface area contributed by atoms with Crippen LogP contribution in [0.1, 0.15) is 43.9 Å². The van der Waals surface area contributed by atoms with Gasteiger partial charge in [-0.3, -0.25) is 0 Å². The van der Waals surface area contributed by atoms with Gasteiger partial charge in [0, 0.05) is 26.8 Å². The van der Waals surface area contributed by atoms with Gasteiger partial charge in [0.1, 0.15) is 0 Å². The van der Waals surface area contributed by atoms with E-state index < -0.39 is 0 Å². The second-order valence-corrected chi connectivity index (χ2v) is 8.02. The summed E-state index contributed by atoms with van der Waals surface area (Å²) in [4.78, 5) is 2.88.